The van der Waals surface area contributed by atoms with Crippen LogP contribution in [0.3, 0.4) is 0 Å². The minimum absolute atomic E-state index is 0.0502. The van der Waals surface area contributed by atoms with Crippen LogP contribution in [0.25, 0.3) is 0 Å². The Hall–Kier alpha value is -1.00. The first kappa shape index (κ1) is 23.3. The Bertz CT molecular complexity index is 733. The summed E-state index contributed by atoms with van der Waals surface area (Å²) in [5.74, 6) is -0.0527. The molecule has 0 heterocycles. The molecule has 1 saturated carbocycles. The molecule has 1 aliphatic rings. The van der Waals surface area contributed by atoms with Gasteiger partial charge in [-0.25, -0.2) is 8.42 Å². The first-order chi connectivity index (χ1) is 13.3. The van der Waals surface area contributed by atoms with Crippen LogP contribution in [0.15, 0.2) is 33.6 Å². The largest absolute Gasteiger partial charge is 0.395 e. The van der Waals surface area contributed by atoms with Gasteiger partial charge in [0.2, 0.25) is 15.9 Å². The number of ether oxygens (including phenoxy) is 1. The van der Waals surface area contributed by atoms with Crippen LogP contribution >= 0.6 is 15.9 Å². The molecule has 0 unspecified atom stereocenters. The van der Waals surface area contributed by atoms with Crippen LogP contribution in [-0.4, -0.2) is 74.6 Å². The van der Waals surface area contributed by atoms with E-state index in [0.29, 0.717) is 18.0 Å². The molecule has 158 valence electrons. The SMILES string of the molecule is CN(CCO)C(=O)CCOC1CCC(N(C)S(=O)(=O)c2ccc(Br)cc2)CC1. The number of hydrogen-bond acceptors (Lipinski definition) is 5. The van der Waals surface area contributed by atoms with E-state index in [1.165, 1.54) is 9.21 Å². The van der Waals surface area contributed by atoms with Crippen LogP contribution in [0.4, 0.5) is 0 Å². The summed E-state index contributed by atoms with van der Waals surface area (Å²) in [6.07, 6.45) is 3.34. The van der Waals surface area contributed by atoms with E-state index in [2.05, 4.69) is 15.9 Å². The summed E-state index contributed by atoms with van der Waals surface area (Å²) in [6.45, 7) is 0.615. The standard InChI is InChI=1S/C19H29BrN2O5S/c1-21(12-13-23)19(24)11-14-27-17-7-5-16(6-8-17)22(2)28(25,26)18-9-3-15(20)4-10-18/h3-4,9-10,16-17,23H,5-8,11-14H2,1-2H3. The molecule has 1 fully saturated rings. The fourth-order valence-corrected chi connectivity index (χ4v) is 5.00. The van der Waals surface area contributed by atoms with Crippen LogP contribution in [0.1, 0.15) is 32.1 Å². The second kappa shape index (κ2) is 10.7. The second-order valence-electron chi connectivity index (χ2n) is 7.07. The third kappa shape index (κ3) is 6.25. The van der Waals surface area contributed by atoms with Gasteiger partial charge in [0.25, 0.3) is 0 Å². The monoisotopic (exact) mass is 476 g/mol. The molecule has 0 atom stereocenters. The predicted molar refractivity (Wildman–Crippen MR) is 110 cm³/mol. The lowest BCUT2D eigenvalue weighted by molar-refractivity contribution is -0.132. The summed E-state index contributed by atoms with van der Waals surface area (Å²) in [4.78, 5) is 13.6. The normalized spacial score (nSPS) is 20.3. The lowest BCUT2D eigenvalue weighted by atomic mass is 9.93. The molecule has 1 aliphatic carbocycles. The smallest absolute Gasteiger partial charge is 0.243 e. The number of halogens is 1. The summed E-state index contributed by atoms with van der Waals surface area (Å²) >= 11 is 3.32. The molecule has 1 aromatic rings. The zero-order valence-electron chi connectivity index (χ0n) is 16.4. The van der Waals surface area contributed by atoms with Gasteiger partial charge in [0.1, 0.15) is 0 Å². The van der Waals surface area contributed by atoms with Crippen molar-refractivity contribution in [2.24, 2.45) is 0 Å². The van der Waals surface area contributed by atoms with Crippen LogP contribution in [0.5, 0.6) is 0 Å². The first-order valence-electron chi connectivity index (χ1n) is 9.45. The van der Waals surface area contributed by atoms with Gasteiger partial charge in [0, 0.05) is 31.2 Å². The van der Waals surface area contributed by atoms with Crippen molar-refractivity contribution in [1.29, 1.82) is 0 Å². The molecule has 1 amide bonds. The van der Waals surface area contributed by atoms with Crippen LogP contribution in [0, 0.1) is 0 Å². The maximum Gasteiger partial charge on any atom is 0.243 e. The average Bonchev–Trinajstić information content (AvgIpc) is 2.68. The van der Waals surface area contributed by atoms with E-state index in [1.807, 2.05) is 0 Å². The molecule has 1 N–H and O–H groups in total. The third-order valence-corrected chi connectivity index (χ3v) is 7.63. The second-order valence-corrected chi connectivity index (χ2v) is 9.98. The highest BCUT2D eigenvalue weighted by atomic mass is 79.9. The summed E-state index contributed by atoms with van der Waals surface area (Å²) in [7, 11) is -0.219. The molecule has 0 spiro atoms. The molecule has 9 heteroatoms. The average molecular weight is 477 g/mol. The van der Waals surface area contributed by atoms with Gasteiger partial charge in [-0.05, 0) is 49.9 Å². The molecule has 0 saturated heterocycles. The van der Waals surface area contributed by atoms with Crippen molar-refractivity contribution in [2.75, 3.05) is 33.9 Å². The summed E-state index contributed by atoms with van der Waals surface area (Å²) < 4.78 is 33.7. The quantitative estimate of drug-likeness (QED) is 0.590. The maximum absolute atomic E-state index is 12.8. The molecule has 7 nitrogen and oxygen atoms in total. The van der Waals surface area contributed by atoms with Crippen molar-refractivity contribution in [2.45, 2.75) is 49.1 Å². The number of likely N-dealkylation sites (N-methyl/N-ethyl adjacent to an activating group) is 1. The van der Waals surface area contributed by atoms with Gasteiger partial charge in [-0.15, -0.1) is 0 Å². The van der Waals surface area contributed by atoms with Crippen molar-refractivity contribution in [3.8, 4) is 0 Å². The van der Waals surface area contributed by atoms with Gasteiger partial charge in [0.05, 0.1) is 30.6 Å². The molecule has 2 rings (SSSR count). The van der Waals surface area contributed by atoms with Crippen LogP contribution in [-0.2, 0) is 19.6 Å². The van der Waals surface area contributed by atoms with Gasteiger partial charge in [-0.3, -0.25) is 4.79 Å². The van der Waals surface area contributed by atoms with E-state index in [0.717, 1.165) is 30.2 Å². The van der Waals surface area contributed by atoms with Crippen molar-refractivity contribution in [1.82, 2.24) is 9.21 Å². The summed E-state index contributed by atoms with van der Waals surface area (Å²) in [6, 6.07) is 6.62. The Balaban J connectivity index is 1.80. The zero-order valence-corrected chi connectivity index (χ0v) is 18.8. The Kier molecular flexibility index (Phi) is 8.88. The number of carbonyl (C=O) groups is 1. The van der Waals surface area contributed by atoms with E-state index in [-0.39, 0.29) is 31.1 Å². The van der Waals surface area contributed by atoms with Crippen molar-refractivity contribution < 1.29 is 23.1 Å². The Morgan fingerprint density at radius 1 is 1.18 bits per heavy atom. The van der Waals surface area contributed by atoms with Gasteiger partial charge < -0.3 is 14.7 Å². The van der Waals surface area contributed by atoms with Gasteiger partial charge in [0.15, 0.2) is 0 Å². The fourth-order valence-electron chi connectivity index (χ4n) is 3.32. The Morgan fingerprint density at radius 3 is 2.36 bits per heavy atom. The zero-order chi connectivity index (χ0) is 20.7. The van der Waals surface area contributed by atoms with Gasteiger partial charge in [-0.2, -0.15) is 4.31 Å². The van der Waals surface area contributed by atoms with E-state index in [9.17, 15) is 13.2 Å². The van der Waals surface area contributed by atoms with Gasteiger partial charge in [-0.1, -0.05) is 15.9 Å². The minimum Gasteiger partial charge on any atom is -0.395 e. The van der Waals surface area contributed by atoms with Crippen molar-refractivity contribution >= 4 is 31.9 Å². The van der Waals surface area contributed by atoms with E-state index in [4.69, 9.17) is 9.84 Å². The summed E-state index contributed by atoms with van der Waals surface area (Å²) in [5.41, 5.74) is 0. The van der Waals surface area contributed by atoms with E-state index < -0.39 is 10.0 Å². The van der Waals surface area contributed by atoms with Gasteiger partial charge >= 0.3 is 0 Å². The molecule has 1 aromatic carbocycles. The number of aliphatic hydroxyl groups is 1. The summed E-state index contributed by atoms with van der Waals surface area (Å²) in [5, 5.41) is 8.85. The Labute approximate surface area is 175 Å². The molecule has 0 bridgehead atoms. The number of nitrogens with zero attached hydrogens (tertiary/aromatic N) is 2. The highest BCUT2D eigenvalue weighted by Crippen LogP contribution is 2.28. The number of rotatable bonds is 9. The molecular formula is C19H29BrN2O5S. The fraction of sp³-hybridized carbons (Fsp3) is 0.632. The molecule has 0 radical (unpaired) electrons. The lowest BCUT2D eigenvalue weighted by Gasteiger charge is -2.34. The van der Waals surface area contributed by atoms with Crippen molar-refractivity contribution in [3.05, 3.63) is 28.7 Å². The number of carbonyl (C=O) groups excluding carboxylic acids is 1. The predicted octanol–water partition coefficient (Wildman–Crippen LogP) is 2.24. The topological polar surface area (TPSA) is 87.2 Å². The number of sulfonamides is 1. The number of benzene rings is 1. The highest BCUT2D eigenvalue weighted by molar-refractivity contribution is 9.10. The Morgan fingerprint density at radius 2 is 1.79 bits per heavy atom. The van der Waals surface area contributed by atoms with Crippen LogP contribution < -0.4 is 0 Å². The number of amides is 1. The van der Waals surface area contributed by atoms with Crippen molar-refractivity contribution in [3.63, 3.8) is 0 Å². The maximum atomic E-state index is 12.8. The third-order valence-electron chi connectivity index (χ3n) is 5.18. The number of aliphatic hydroxyl groups excluding tert-OH is 1. The van der Waals surface area contributed by atoms with E-state index >= 15 is 0 Å². The molecular weight excluding hydrogens is 448 g/mol. The first-order valence-corrected chi connectivity index (χ1v) is 11.7. The molecule has 0 aliphatic heterocycles. The lowest BCUT2D eigenvalue weighted by Crippen LogP contribution is -2.40. The number of hydrogen-bond donors (Lipinski definition) is 1. The highest BCUT2D eigenvalue weighted by Gasteiger charge is 2.31. The molecule has 28 heavy (non-hydrogen) atoms. The molecule has 0 aromatic heterocycles. The van der Waals surface area contributed by atoms with E-state index in [1.54, 1.807) is 38.4 Å². The van der Waals surface area contributed by atoms with Crippen LogP contribution in [0.2, 0.25) is 0 Å². The minimum atomic E-state index is -3.51.